The molecule has 0 amide bonds. The lowest BCUT2D eigenvalue weighted by Gasteiger charge is -2.24. The first-order valence-corrected chi connectivity index (χ1v) is 8.49. The van der Waals surface area contributed by atoms with Crippen molar-refractivity contribution in [2.75, 3.05) is 11.4 Å². The number of benzene rings is 2. The van der Waals surface area contributed by atoms with Crippen molar-refractivity contribution in [2.45, 2.75) is 13.0 Å². The summed E-state index contributed by atoms with van der Waals surface area (Å²) in [6, 6.07) is 16.0. The quantitative estimate of drug-likeness (QED) is 0.524. The van der Waals surface area contributed by atoms with E-state index in [1.807, 2.05) is 48.5 Å². The fourth-order valence-corrected chi connectivity index (χ4v) is 3.34. The molecule has 1 aliphatic heterocycles. The Bertz CT molecular complexity index is 1020. The molecular formula is C19H14ClN3O2. The van der Waals surface area contributed by atoms with Crippen molar-refractivity contribution in [1.82, 2.24) is 10.1 Å². The van der Waals surface area contributed by atoms with Crippen LogP contribution in [0, 0.1) is 0 Å². The molecule has 124 valence electrons. The molecule has 3 heterocycles. The lowest BCUT2D eigenvalue weighted by molar-refractivity contribution is 0.422. The van der Waals surface area contributed by atoms with Crippen LogP contribution in [0.1, 0.15) is 11.3 Å². The Morgan fingerprint density at radius 1 is 1.04 bits per heavy atom. The van der Waals surface area contributed by atoms with E-state index in [0.717, 1.165) is 46.6 Å². The minimum absolute atomic E-state index is 0.624. The molecule has 0 aliphatic carbocycles. The molecule has 0 N–H and O–H groups in total. The minimum atomic E-state index is 0.624. The highest BCUT2D eigenvalue weighted by Crippen LogP contribution is 2.33. The Morgan fingerprint density at radius 3 is 2.72 bits per heavy atom. The van der Waals surface area contributed by atoms with Gasteiger partial charge in [-0.2, -0.15) is 4.98 Å². The normalized spacial score (nSPS) is 14.0. The summed E-state index contributed by atoms with van der Waals surface area (Å²) in [4.78, 5) is 6.66. The van der Waals surface area contributed by atoms with Gasteiger partial charge in [0.05, 0.1) is 6.54 Å². The Labute approximate surface area is 148 Å². The SMILES string of the molecule is Clc1ccc(-c2onc3c2CCN(c2nc4ccccc4o2)C3)cc1. The summed E-state index contributed by atoms with van der Waals surface area (Å²) in [5.41, 5.74) is 4.73. The van der Waals surface area contributed by atoms with Crippen LogP contribution < -0.4 is 4.90 Å². The summed E-state index contributed by atoms with van der Waals surface area (Å²) in [5.74, 6) is 0.823. The average molecular weight is 352 g/mol. The molecule has 0 saturated carbocycles. The van der Waals surface area contributed by atoms with Gasteiger partial charge in [-0.1, -0.05) is 28.9 Å². The molecule has 0 bridgehead atoms. The van der Waals surface area contributed by atoms with Gasteiger partial charge in [0.25, 0.3) is 6.01 Å². The van der Waals surface area contributed by atoms with Gasteiger partial charge >= 0.3 is 0 Å². The van der Waals surface area contributed by atoms with Crippen LogP contribution in [0.25, 0.3) is 22.4 Å². The summed E-state index contributed by atoms with van der Waals surface area (Å²) in [5, 5.41) is 4.97. The predicted molar refractivity (Wildman–Crippen MR) is 95.7 cm³/mol. The first kappa shape index (κ1) is 14.5. The van der Waals surface area contributed by atoms with Gasteiger partial charge in [0.15, 0.2) is 11.3 Å². The molecule has 5 nitrogen and oxygen atoms in total. The number of hydrogen-bond donors (Lipinski definition) is 0. The predicted octanol–water partition coefficient (Wildman–Crippen LogP) is 4.70. The van der Waals surface area contributed by atoms with Gasteiger partial charge in [-0.3, -0.25) is 0 Å². The third kappa shape index (κ3) is 2.48. The number of para-hydroxylation sites is 2. The maximum absolute atomic E-state index is 5.97. The van der Waals surface area contributed by atoms with Gasteiger partial charge in [-0.15, -0.1) is 0 Å². The lowest BCUT2D eigenvalue weighted by atomic mass is 10.0. The van der Waals surface area contributed by atoms with Crippen LogP contribution >= 0.6 is 11.6 Å². The molecule has 5 rings (SSSR count). The molecule has 0 fully saturated rings. The van der Waals surface area contributed by atoms with Crippen molar-refractivity contribution < 1.29 is 8.94 Å². The van der Waals surface area contributed by atoms with Gasteiger partial charge in [0.2, 0.25) is 0 Å². The highest BCUT2D eigenvalue weighted by Gasteiger charge is 2.27. The largest absolute Gasteiger partial charge is 0.423 e. The van der Waals surface area contributed by atoms with Gasteiger partial charge < -0.3 is 13.8 Å². The van der Waals surface area contributed by atoms with Crippen LogP contribution in [0.15, 0.2) is 57.5 Å². The van der Waals surface area contributed by atoms with Gasteiger partial charge in [-0.25, -0.2) is 0 Å². The third-order valence-corrected chi connectivity index (χ3v) is 4.75. The molecule has 4 aromatic rings. The van der Waals surface area contributed by atoms with E-state index in [-0.39, 0.29) is 0 Å². The molecule has 0 saturated heterocycles. The fourth-order valence-electron chi connectivity index (χ4n) is 3.22. The number of halogens is 1. The minimum Gasteiger partial charge on any atom is -0.423 e. The summed E-state index contributed by atoms with van der Waals surface area (Å²) < 4.78 is 11.5. The van der Waals surface area contributed by atoms with Crippen LogP contribution in [-0.2, 0) is 13.0 Å². The second-order valence-corrected chi connectivity index (χ2v) is 6.52. The molecule has 0 unspecified atom stereocenters. The zero-order valence-corrected chi connectivity index (χ0v) is 14.0. The Balaban J connectivity index is 1.46. The second kappa shape index (κ2) is 5.63. The molecule has 25 heavy (non-hydrogen) atoms. The molecule has 0 radical (unpaired) electrons. The molecule has 6 heteroatoms. The van der Waals surface area contributed by atoms with E-state index in [1.165, 1.54) is 0 Å². The third-order valence-electron chi connectivity index (χ3n) is 4.50. The van der Waals surface area contributed by atoms with E-state index in [2.05, 4.69) is 15.0 Å². The second-order valence-electron chi connectivity index (χ2n) is 6.08. The first-order valence-electron chi connectivity index (χ1n) is 8.12. The van der Waals surface area contributed by atoms with Gasteiger partial charge in [0, 0.05) is 22.7 Å². The van der Waals surface area contributed by atoms with Crippen LogP contribution in [0.4, 0.5) is 6.01 Å². The van der Waals surface area contributed by atoms with Crippen LogP contribution in [0.2, 0.25) is 5.02 Å². The number of fused-ring (bicyclic) bond motifs is 2. The Morgan fingerprint density at radius 2 is 1.88 bits per heavy atom. The number of rotatable bonds is 2. The topological polar surface area (TPSA) is 55.3 Å². The standard InChI is InChI=1S/C19H14ClN3O2/c20-13-7-5-12(6-8-13)18-14-9-10-23(11-16(14)22-25-18)19-21-15-3-1-2-4-17(15)24-19/h1-8H,9-11H2. The van der Waals surface area contributed by atoms with Crippen molar-refractivity contribution >= 4 is 28.7 Å². The van der Waals surface area contributed by atoms with Gasteiger partial charge in [-0.05, 0) is 42.8 Å². The number of oxazole rings is 1. The lowest BCUT2D eigenvalue weighted by Crippen LogP contribution is -2.30. The Hall–Kier alpha value is -2.79. The summed E-state index contributed by atoms with van der Waals surface area (Å²) in [6.45, 7) is 1.43. The van der Waals surface area contributed by atoms with Crippen molar-refractivity contribution in [3.63, 3.8) is 0 Å². The van der Waals surface area contributed by atoms with Gasteiger partial charge in [0.1, 0.15) is 11.2 Å². The smallest absolute Gasteiger partial charge is 0.298 e. The summed E-state index contributed by atoms with van der Waals surface area (Å²) in [6.07, 6.45) is 0.829. The molecule has 1 aliphatic rings. The van der Waals surface area contributed by atoms with E-state index >= 15 is 0 Å². The van der Waals surface area contributed by atoms with Crippen LogP contribution in [0.3, 0.4) is 0 Å². The van der Waals surface area contributed by atoms with E-state index in [4.69, 9.17) is 20.5 Å². The molecular weight excluding hydrogens is 338 g/mol. The molecule has 0 spiro atoms. The zero-order chi connectivity index (χ0) is 16.8. The fraction of sp³-hybridized carbons (Fsp3) is 0.158. The molecule has 0 atom stereocenters. The zero-order valence-electron chi connectivity index (χ0n) is 13.3. The number of nitrogens with zero attached hydrogens (tertiary/aromatic N) is 3. The highest BCUT2D eigenvalue weighted by atomic mass is 35.5. The summed E-state index contributed by atoms with van der Waals surface area (Å²) in [7, 11) is 0. The van der Waals surface area contributed by atoms with E-state index in [9.17, 15) is 0 Å². The Kier molecular flexibility index (Phi) is 3.28. The van der Waals surface area contributed by atoms with Crippen molar-refractivity contribution in [3.8, 4) is 11.3 Å². The molecule has 2 aromatic heterocycles. The van der Waals surface area contributed by atoms with Crippen LogP contribution in [-0.4, -0.2) is 16.7 Å². The van der Waals surface area contributed by atoms with E-state index < -0.39 is 0 Å². The van der Waals surface area contributed by atoms with Crippen LogP contribution in [0.5, 0.6) is 0 Å². The monoisotopic (exact) mass is 351 g/mol. The van der Waals surface area contributed by atoms with Crippen molar-refractivity contribution in [2.24, 2.45) is 0 Å². The maximum atomic E-state index is 5.97. The number of hydrogen-bond acceptors (Lipinski definition) is 5. The maximum Gasteiger partial charge on any atom is 0.298 e. The number of anilines is 1. The number of aromatic nitrogens is 2. The summed E-state index contributed by atoms with van der Waals surface area (Å²) >= 11 is 5.97. The average Bonchev–Trinajstić information content (AvgIpc) is 3.26. The van der Waals surface area contributed by atoms with Crippen molar-refractivity contribution in [3.05, 3.63) is 64.8 Å². The van der Waals surface area contributed by atoms with E-state index in [0.29, 0.717) is 17.6 Å². The first-order chi connectivity index (χ1) is 12.3. The highest BCUT2D eigenvalue weighted by molar-refractivity contribution is 6.30. The van der Waals surface area contributed by atoms with Crippen molar-refractivity contribution in [1.29, 1.82) is 0 Å². The van der Waals surface area contributed by atoms with E-state index in [1.54, 1.807) is 0 Å². The molecule has 2 aromatic carbocycles.